The van der Waals surface area contributed by atoms with Crippen LogP contribution < -0.4 is 4.74 Å². The van der Waals surface area contributed by atoms with E-state index >= 15 is 0 Å². The molecule has 0 saturated carbocycles. The molecule has 0 N–H and O–H groups in total. The number of rotatable bonds is 6. The second-order valence-corrected chi connectivity index (χ2v) is 7.38. The van der Waals surface area contributed by atoms with Gasteiger partial charge in [-0.3, -0.25) is 9.59 Å². The minimum atomic E-state index is -4.44. The minimum Gasteiger partial charge on any atom is -0.496 e. The van der Waals surface area contributed by atoms with E-state index in [2.05, 4.69) is 0 Å². The van der Waals surface area contributed by atoms with Gasteiger partial charge in [-0.05, 0) is 23.8 Å². The minimum absolute atomic E-state index is 0.0444. The zero-order valence-electron chi connectivity index (χ0n) is 16.8. The van der Waals surface area contributed by atoms with Crippen molar-refractivity contribution in [2.24, 2.45) is 5.92 Å². The number of hydrogen-bond donors (Lipinski definition) is 0. The van der Waals surface area contributed by atoms with Crippen LogP contribution in [-0.4, -0.2) is 42.3 Å². The molecular formula is C22H23F3N2O3. The number of hydrogen-bond acceptors (Lipinski definition) is 3. The Morgan fingerprint density at radius 3 is 2.63 bits per heavy atom. The van der Waals surface area contributed by atoms with E-state index in [1.54, 1.807) is 25.1 Å². The van der Waals surface area contributed by atoms with Crippen molar-refractivity contribution in [1.29, 1.82) is 0 Å². The van der Waals surface area contributed by atoms with Gasteiger partial charge in [0.15, 0.2) is 0 Å². The van der Waals surface area contributed by atoms with Crippen molar-refractivity contribution in [2.45, 2.75) is 25.7 Å². The van der Waals surface area contributed by atoms with Crippen molar-refractivity contribution in [3.05, 3.63) is 65.2 Å². The fourth-order valence-electron chi connectivity index (χ4n) is 3.64. The third kappa shape index (κ3) is 4.93. The van der Waals surface area contributed by atoms with Crippen LogP contribution in [0.5, 0.6) is 5.75 Å². The number of ether oxygens (including phenoxy) is 1. The number of amides is 2. The number of para-hydroxylation sites is 1. The van der Waals surface area contributed by atoms with Gasteiger partial charge >= 0.3 is 6.18 Å². The molecule has 0 unspecified atom stereocenters. The Kier molecular flexibility index (Phi) is 6.34. The Morgan fingerprint density at radius 1 is 1.20 bits per heavy atom. The number of halogens is 3. The number of nitrogens with zero attached hydrogens (tertiary/aromatic N) is 2. The number of alkyl halides is 3. The molecule has 1 aliphatic heterocycles. The first-order valence-electron chi connectivity index (χ1n) is 9.50. The Morgan fingerprint density at radius 2 is 1.93 bits per heavy atom. The number of benzene rings is 2. The van der Waals surface area contributed by atoms with E-state index < -0.39 is 17.7 Å². The van der Waals surface area contributed by atoms with Crippen LogP contribution in [0.1, 0.15) is 23.1 Å². The SMILES string of the molecule is COc1ccccc1CN(C)C(=O)[C@@H]1CC(=O)N(Cc2cccc(C(F)(F)F)c2)C1. The number of likely N-dealkylation sites (tertiary alicyclic amines) is 1. The van der Waals surface area contributed by atoms with Gasteiger partial charge in [0, 0.05) is 38.7 Å². The summed E-state index contributed by atoms with van der Waals surface area (Å²) in [4.78, 5) is 28.2. The van der Waals surface area contributed by atoms with Gasteiger partial charge in [-0.1, -0.05) is 30.3 Å². The largest absolute Gasteiger partial charge is 0.496 e. The zero-order chi connectivity index (χ0) is 21.9. The summed E-state index contributed by atoms with van der Waals surface area (Å²) in [5.41, 5.74) is 0.477. The maximum absolute atomic E-state index is 12.9. The molecule has 1 aliphatic rings. The van der Waals surface area contributed by atoms with Crippen LogP contribution in [-0.2, 0) is 28.9 Å². The molecule has 160 valence electrons. The van der Waals surface area contributed by atoms with Crippen LogP contribution >= 0.6 is 0 Å². The standard InChI is InChI=1S/C22H23F3N2O3/c1-26(13-16-7-3-4-9-19(16)30-2)21(29)17-11-20(28)27(14-17)12-15-6-5-8-18(10-15)22(23,24)25/h3-10,17H,11-14H2,1-2H3/t17-/m1/s1. The molecule has 0 radical (unpaired) electrons. The molecule has 0 spiro atoms. The monoisotopic (exact) mass is 420 g/mol. The highest BCUT2D eigenvalue weighted by molar-refractivity contribution is 5.89. The first-order valence-corrected chi connectivity index (χ1v) is 9.50. The smallest absolute Gasteiger partial charge is 0.416 e. The molecule has 0 aromatic heterocycles. The normalized spacial score (nSPS) is 16.6. The Labute approximate surface area is 173 Å². The number of carbonyl (C=O) groups excluding carboxylic acids is 2. The molecule has 2 amide bonds. The third-order valence-corrected chi connectivity index (χ3v) is 5.17. The summed E-state index contributed by atoms with van der Waals surface area (Å²) in [7, 11) is 3.22. The van der Waals surface area contributed by atoms with Crippen molar-refractivity contribution in [3.63, 3.8) is 0 Å². The van der Waals surface area contributed by atoms with Crippen LogP contribution in [0.15, 0.2) is 48.5 Å². The Balaban J connectivity index is 1.64. The van der Waals surface area contributed by atoms with Gasteiger partial charge in [0.2, 0.25) is 11.8 Å². The predicted molar refractivity (Wildman–Crippen MR) is 104 cm³/mol. The van der Waals surface area contributed by atoms with Gasteiger partial charge < -0.3 is 14.5 Å². The number of carbonyl (C=O) groups is 2. The molecule has 0 bridgehead atoms. The maximum Gasteiger partial charge on any atom is 0.416 e. The summed E-state index contributed by atoms with van der Waals surface area (Å²) in [6.45, 7) is 0.564. The van der Waals surface area contributed by atoms with E-state index in [0.29, 0.717) is 17.9 Å². The summed E-state index contributed by atoms with van der Waals surface area (Å²) in [5.74, 6) is -0.272. The van der Waals surface area contributed by atoms with Gasteiger partial charge in [-0.25, -0.2) is 0 Å². The molecule has 1 fully saturated rings. The molecule has 5 nitrogen and oxygen atoms in total. The topological polar surface area (TPSA) is 49.9 Å². The average Bonchev–Trinajstić information content (AvgIpc) is 3.07. The molecule has 0 aliphatic carbocycles. The highest BCUT2D eigenvalue weighted by Gasteiger charge is 2.36. The van der Waals surface area contributed by atoms with Crippen molar-refractivity contribution in [1.82, 2.24) is 9.80 Å². The van der Waals surface area contributed by atoms with Crippen molar-refractivity contribution in [3.8, 4) is 5.75 Å². The van der Waals surface area contributed by atoms with Crippen molar-refractivity contribution < 1.29 is 27.5 Å². The maximum atomic E-state index is 12.9. The second-order valence-electron chi connectivity index (χ2n) is 7.38. The first-order chi connectivity index (χ1) is 14.2. The lowest BCUT2D eigenvalue weighted by Gasteiger charge is -2.22. The average molecular weight is 420 g/mol. The molecule has 2 aromatic carbocycles. The van der Waals surface area contributed by atoms with E-state index in [1.165, 1.54) is 11.0 Å². The highest BCUT2D eigenvalue weighted by Crippen LogP contribution is 2.30. The fourth-order valence-corrected chi connectivity index (χ4v) is 3.64. The van der Waals surface area contributed by atoms with E-state index in [0.717, 1.165) is 17.7 Å². The lowest BCUT2D eigenvalue weighted by Crippen LogP contribution is -2.34. The van der Waals surface area contributed by atoms with E-state index in [4.69, 9.17) is 4.74 Å². The van der Waals surface area contributed by atoms with Crippen LogP contribution in [0.25, 0.3) is 0 Å². The first kappa shape index (κ1) is 21.7. The summed E-state index contributed by atoms with van der Waals surface area (Å²) in [6.07, 6.45) is -4.39. The van der Waals surface area contributed by atoms with Crippen LogP contribution in [0.4, 0.5) is 13.2 Å². The van der Waals surface area contributed by atoms with E-state index in [9.17, 15) is 22.8 Å². The van der Waals surface area contributed by atoms with Gasteiger partial charge in [0.1, 0.15) is 5.75 Å². The molecule has 3 rings (SSSR count). The van der Waals surface area contributed by atoms with Gasteiger partial charge in [0.05, 0.1) is 18.6 Å². The molecule has 30 heavy (non-hydrogen) atoms. The van der Waals surface area contributed by atoms with Gasteiger partial charge in [0.25, 0.3) is 0 Å². The van der Waals surface area contributed by atoms with Crippen LogP contribution in [0.3, 0.4) is 0 Å². The predicted octanol–water partition coefficient (Wildman–Crippen LogP) is 3.72. The van der Waals surface area contributed by atoms with E-state index in [1.807, 2.05) is 24.3 Å². The molecular weight excluding hydrogens is 397 g/mol. The van der Waals surface area contributed by atoms with Crippen LogP contribution in [0, 0.1) is 5.92 Å². The molecule has 1 heterocycles. The summed E-state index contributed by atoms with van der Waals surface area (Å²) >= 11 is 0. The molecule has 8 heteroatoms. The van der Waals surface area contributed by atoms with Crippen molar-refractivity contribution in [2.75, 3.05) is 20.7 Å². The molecule has 1 saturated heterocycles. The Hall–Kier alpha value is -3.03. The highest BCUT2D eigenvalue weighted by atomic mass is 19.4. The summed E-state index contributed by atoms with van der Waals surface area (Å²) in [5, 5.41) is 0. The molecule has 2 aromatic rings. The quantitative estimate of drug-likeness (QED) is 0.716. The lowest BCUT2D eigenvalue weighted by molar-refractivity contribution is -0.137. The van der Waals surface area contributed by atoms with Gasteiger partial charge in [-0.2, -0.15) is 13.2 Å². The lowest BCUT2D eigenvalue weighted by atomic mass is 10.1. The number of methoxy groups -OCH3 is 1. The molecule has 1 atom stereocenters. The summed E-state index contributed by atoms with van der Waals surface area (Å²) in [6, 6.07) is 12.3. The Bertz CT molecular complexity index is 930. The summed E-state index contributed by atoms with van der Waals surface area (Å²) < 4.78 is 44.0. The van der Waals surface area contributed by atoms with Crippen molar-refractivity contribution >= 4 is 11.8 Å². The second kappa shape index (κ2) is 8.77. The fraction of sp³-hybridized carbons (Fsp3) is 0.364. The third-order valence-electron chi connectivity index (χ3n) is 5.17. The van der Waals surface area contributed by atoms with Gasteiger partial charge in [-0.15, -0.1) is 0 Å². The zero-order valence-corrected chi connectivity index (χ0v) is 16.8. The van der Waals surface area contributed by atoms with E-state index in [-0.39, 0.29) is 31.3 Å². The van der Waals surface area contributed by atoms with Crippen LogP contribution in [0.2, 0.25) is 0 Å².